The molecule has 3 atom stereocenters. The van der Waals surface area contributed by atoms with Gasteiger partial charge < -0.3 is 10.2 Å². The molecule has 2 aliphatic carbocycles. The maximum absolute atomic E-state index is 9.71. The van der Waals surface area contributed by atoms with Gasteiger partial charge in [-0.1, -0.05) is 33.3 Å². The third-order valence-electron chi connectivity index (χ3n) is 5.50. The van der Waals surface area contributed by atoms with Crippen molar-refractivity contribution in [2.45, 2.75) is 46.5 Å². The van der Waals surface area contributed by atoms with Crippen molar-refractivity contribution >= 4 is 0 Å². The van der Waals surface area contributed by atoms with E-state index in [0.29, 0.717) is 11.3 Å². The van der Waals surface area contributed by atoms with Crippen LogP contribution in [0.15, 0.2) is 11.6 Å². The number of fused-ring (bicyclic) bond motifs is 1. The molecule has 2 N–H and O–H groups in total. The highest BCUT2D eigenvalue weighted by Crippen LogP contribution is 2.59. The molecule has 1 saturated carbocycles. The summed E-state index contributed by atoms with van der Waals surface area (Å²) in [5, 5.41) is 19.2. The van der Waals surface area contributed by atoms with Crippen molar-refractivity contribution in [3.63, 3.8) is 0 Å². The molecule has 0 spiro atoms. The van der Waals surface area contributed by atoms with E-state index in [0.717, 1.165) is 12.0 Å². The van der Waals surface area contributed by atoms with Crippen LogP contribution >= 0.6 is 0 Å². The second kappa shape index (κ2) is 4.40. The summed E-state index contributed by atoms with van der Waals surface area (Å²) in [4.78, 5) is 0. The minimum Gasteiger partial charge on any atom is -0.396 e. The first-order valence-corrected chi connectivity index (χ1v) is 6.86. The minimum atomic E-state index is 0.105. The van der Waals surface area contributed by atoms with Crippen molar-refractivity contribution in [2.24, 2.45) is 22.7 Å². The van der Waals surface area contributed by atoms with Crippen LogP contribution in [-0.4, -0.2) is 23.4 Å². The highest BCUT2D eigenvalue weighted by molar-refractivity contribution is 5.20. The van der Waals surface area contributed by atoms with Crippen LogP contribution in [0.2, 0.25) is 0 Å². The number of hydrogen-bond donors (Lipinski definition) is 2. The number of aliphatic hydroxyl groups excluding tert-OH is 2. The average molecular weight is 238 g/mol. The molecular formula is C15H26O2. The van der Waals surface area contributed by atoms with Gasteiger partial charge in [0.25, 0.3) is 0 Å². The molecule has 0 saturated heterocycles. The fraction of sp³-hybridized carbons (Fsp3) is 0.867. The number of rotatable bonds is 2. The van der Waals surface area contributed by atoms with Crippen molar-refractivity contribution in [3.8, 4) is 0 Å². The summed E-state index contributed by atoms with van der Waals surface area (Å²) >= 11 is 0. The summed E-state index contributed by atoms with van der Waals surface area (Å²) in [6, 6.07) is 0. The van der Waals surface area contributed by atoms with Crippen molar-refractivity contribution in [1.82, 2.24) is 0 Å². The molecule has 2 nitrogen and oxygen atoms in total. The van der Waals surface area contributed by atoms with E-state index in [1.54, 1.807) is 0 Å². The van der Waals surface area contributed by atoms with Crippen molar-refractivity contribution in [2.75, 3.05) is 13.2 Å². The Labute approximate surface area is 105 Å². The van der Waals surface area contributed by atoms with E-state index in [1.165, 1.54) is 19.3 Å². The van der Waals surface area contributed by atoms with Gasteiger partial charge in [-0.15, -0.1) is 0 Å². The number of aliphatic hydroxyl groups is 2. The lowest BCUT2D eigenvalue weighted by molar-refractivity contribution is -0.0539. The Hall–Kier alpha value is -0.340. The zero-order valence-corrected chi connectivity index (χ0v) is 11.4. The van der Waals surface area contributed by atoms with Gasteiger partial charge in [0.1, 0.15) is 0 Å². The van der Waals surface area contributed by atoms with Gasteiger partial charge in [0.2, 0.25) is 0 Å². The Bertz CT molecular complexity index is 319. The van der Waals surface area contributed by atoms with E-state index in [1.807, 2.05) is 0 Å². The molecule has 0 aromatic rings. The second-order valence-electron chi connectivity index (χ2n) is 6.81. The van der Waals surface area contributed by atoms with Gasteiger partial charge in [0.15, 0.2) is 0 Å². The van der Waals surface area contributed by atoms with Gasteiger partial charge >= 0.3 is 0 Å². The van der Waals surface area contributed by atoms with Crippen LogP contribution in [0.4, 0.5) is 0 Å². The van der Waals surface area contributed by atoms with Crippen LogP contribution in [0.3, 0.4) is 0 Å². The normalized spacial score (nSPS) is 40.6. The zero-order valence-electron chi connectivity index (χ0n) is 11.4. The van der Waals surface area contributed by atoms with Gasteiger partial charge in [-0.25, -0.2) is 0 Å². The molecule has 3 unspecified atom stereocenters. The van der Waals surface area contributed by atoms with Crippen LogP contribution in [-0.2, 0) is 0 Å². The molecular weight excluding hydrogens is 212 g/mol. The zero-order chi connectivity index (χ0) is 12.7. The SMILES string of the molecule is CC1(C)CCCC2(C)C(CO)C(CO)=CCC12. The second-order valence-corrected chi connectivity index (χ2v) is 6.81. The topological polar surface area (TPSA) is 40.5 Å². The van der Waals surface area contributed by atoms with E-state index in [-0.39, 0.29) is 24.5 Å². The molecule has 2 rings (SSSR count). The van der Waals surface area contributed by atoms with Crippen LogP contribution in [0.25, 0.3) is 0 Å². The summed E-state index contributed by atoms with van der Waals surface area (Å²) in [5.41, 5.74) is 1.59. The molecule has 98 valence electrons. The van der Waals surface area contributed by atoms with Gasteiger partial charge in [0, 0.05) is 5.92 Å². The molecule has 0 amide bonds. The summed E-state index contributed by atoms with van der Waals surface area (Å²) in [6.07, 6.45) is 6.96. The van der Waals surface area contributed by atoms with E-state index in [2.05, 4.69) is 26.8 Å². The predicted octanol–water partition coefficient (Wildman–Crippen LogP) is 2.75. The molecule has 0 radical (unpaired) electrons. The number of allylic oxidation sites excluding steroid dienone is 1. The first-order chi connectivity index (χ1) is 7.95. The van der Waals surface area contributed by atoms with Crippen LogP contribution < -0.4 is 0 Å². The standard InChI is InChI=1S/C15H26O2/c1-14(2)7-4-8-15(3)12(10-17)11(9-16)5-6-13(14)15/h5,12-13,16-17H,4,6-10H2,1-3H3. The first kappa shape index (κ1) is 13.1. The van der Waals surface area contributed by atoms with Crippen molar-refractivity contribution in [3.05, 3.63) is 11.6 Å². The Morgan fingerprint density at radius 1 is 1.24 bits per heavy atom. The van der Waals surface area contributed by atoms with E-state index in [9.17, 15) is 10.2 Å². The summed E-state index contributed by atoms with van der Waals surface area (Å²) < 4.78 is 0. The van der Waals surface area contributed by atoms with E-state index in [4.69, 9.17) is 0 Å². The van der Waals surface area contributed by atoms with Crippen molar-refractivity contribution in [1.29, 1.82) is 0 Å². The molecule has 2 aliphatic rings. The summed E-state index contributed by atoms with van der Waals surface area (Å²) in [5.74, 6) is 0.794. The molecule has 0 aromatic heterocycles. The fourth-order valence-corrected chi connectivity index (χ4v) is 4.51. The monoisotopic (exact) mass is 238 g/mol. The molecule has 0 heterocycles. The third kappa shape index (κ3) is 1.96. The maximum atomic E-state index is 9.71. The lowest BCUT2D eigenvalue weighted by Crippen LogP contribution is -2.50. The lowest BCUT2D eigenvalue weighted by Gasteiger charge is -2.56. The van der Waals surface area contributed by atoms with Gasteiger partial charge in [-0.05, 0) is 41.6 Å². The Morgan fingerprint density at radius 2 is 1.94 bits per heavy atom. The van der Waals surface area contributed by atoms with E-state index < -0.39 is 0 Å². The summed E-state index contributed by atoms with van der Waals surface area (Å²) in [6.45, 7) is 7.33. The first-order valence-electron chi connectivity index (χ1n) is 6.86. The molecule has 0 bridgehead atoms. The Morgan fingerprint density at radius 3 is 2.53 bits per heavy atom. The lowest BCUT2D eigenvalue weighted by atomic mass is 9.49. The quantitative estimate of drug-likeness (QED) is 0.726. The largest absolute Gasteiger partial charge is 0.396 e. The Kier molecular flexibility index (Phi) is 3.39. The fourth-order valence-electron chi connectivity index (χ4n) is 4.51. The van der Waals surface area contributed by atoms with Gasteiger partial charge in [-0.2, -0.15) is 0 Å². The van der Waals surface area contributed by atoms with E-state index >= 15 is 0 Å². The van der Waals surface area contributed by atoms with Crippen LogP contribution in [0.1, 0.15) is 46.5 Å². The highest BCUT2D eigenvalue weighted by Gasteiger charge is 2.51. The smallest absolute Gasteiger partial charge is 0.0645 e. The Balaban J connectivity index is 2.38. The summed E-state index contributed by atoms with van der Waals surface area (Å²) in [7, 11) is 0. The molecule has 1 fully saturated rings. The van der Waals surface area contributed by atoms with Crippen molar-refractivity contribution < 1.29 is 10.2 Å². The molecule has 2 heteroatoms. The number of hydrogen-bond acceptors (Lipinski definition) is 2. The van der Waals surface area contributed by atoms with Crippen LogP contribution in [0, 0.1) is 22.7 Å². The predicted molar refractivity (Wildman–Crippen MR) is 69.6 cm³/mol. The van der Waals surface area contributed by atoms with Gasteiger partial charge in [-0.3, -0.25) is 0 Å². The van der Waals surface area contributed by atoms with Gasteiger partial charge in [0.05, 0.1) is 13.2 Å². The third-order valence-corrected chi connectivity index (χ3v) is 5.50. The molecule has 0 aliphatic heterocycles. The molecule has 17 heavy (non-hydrogen) atoms. The maximum Gasteiger partial charge on any atom is 0.0645 e. The molecule has 0 aromatic carbocycles. The minimum absolute atomic E-state index is 0.105. The van der Waals surface area contributed by atoms with Crippen LogP contribution in [0.5, 0.6) is 0 Å². The highest BCUT2D eigenvalue weighted by atomic mass is 16.3. The average Bonchev–Trinajstić information content (AvgIpc) is 2.26.